The Morgan fingerprint density at radius 1 is 0.893 bits per heavy atom. The third-order valence-electron chi connectivity index (χ3n) is 4.24. The number of H-pyrrole nitrogens is 1. The topological polar surface area (TPSA) is 64.3 Å². The van der Waals surface area contributed by atoms with E-state index in [2.05, 4.69) is 55.0 Å². The predicted octanol–water partition coefficient (Wildman–Crippen LogP) is 5.68. The molecule has 0 aliphatic heterocycles. The molecule has 0 atom stereocenters. The summed E-state index contributed by atoms with van der Waals surface area (Å²) < 4.78 is 3.87. The molecule has 0 radical (unpaired) electrons. The lowest BCUT2D eigenvalue weighted by atomic mass is 10.1. The van der Waals surface area contributed by atoms with Gasteiger partial charge in [0.1, 0.15) is 0 Å². The van der Waals surface area contributed by atoms with E-state index in [0.717, 1.165) is 5.69 Å². The molecule has 3 rings (SSSR count). The van der Waals surface area contributed by atoms with Crippen molar-refractivity contribution < 1.29 is 0 Å². The lowest BCUT2D eigenvalue weighted by Crippen LogP contribution is -1.99. The van der Waals surface area contributed by atoms with Gasteiger partial charge in [-0.1, -0.05) is 27.7 Å². The number of aryl methyl sites for hydroxylation is 4. The minimum Gasteiger partial charge on any atom is -0.283 e. The number of nitrogens with zero attached hydrogens (tertiary/aromatic N) is 5. The van der Waals surface area contributed by atoms with Gasteiger partial charge in [0.15, 0.2) is 0 Å². The Bertz CT molecular complexity index is 760. The second kappa shape index (κ2) is 12.9. The summed E-state index contributed by atoms with van der Waals surface area (Å²) in [5.41, 5.74) is 6.22. The van der Waals surface area contributed by atoms with Crippen LogP contribution in [0.1, 0.15) is 81.6 Å². The van der Waals surface area contributed by atoms with Crippen LogP contribution in [-0.4, -0.2) is 29.8 Å². The summed E-state index contributed by atoms with van der Waals surface area (Å²) in [6.45, 7) is 20.8. The molecule has 0 spiro atoms. The van der Waals surface area contributed by atoms with Gasteiger partial charge in [0, 0.05) is 30.7 Å². The van der Waals surface area contributed by atoms with Crippen molar-refractivity contribution in [3.05, 3.63) is 52.9 Å². The molecule has 0 aliphatic carbocycles. The molecule has 1 N–H and O–H groups in total. The van der Waals surface area contributed by atoms with Crippen LogP contribution in [0, 0.1) is 27.7 Å². The zero-order valence-corrected chi connectivity index (χ0v) is 19.7. The molecule has 0 fully saturated rings. The molecule has 158 valence electrons. The first-order valence-electron chi connectivity index (χ1n) is 10.1. The Kier molecular flexibility index (Phi) is 11.8. The van der Waals surface area contributed by atoms with Gasteiger partial charge in [0.05, 0.1) is 18.6 Å². The summed E-state index contributed by atoms with van der Waals surface area (Å²) in [6.07, 6.45) is 7.68. The lowest BCUT2D eigenvalue weighted by Gasteiger charge is -2.02. The highest BCUT2D eigenvalue weighted by molar-refractivity contribution is 5.19. The number of nitrogens with one attached hydrogen (secondary N) is 1. The van der Waals surface area contributed by atoms with E-state index in [0.29, 0.717) is 12.0 Å². The number of rotatable bonds is 2. The standard InChI is InChI=1S/C8H14N2.C7H12N2.C5H8N2.C2H6/c1-6(2)8-5-9-10(4)7(8)3;1-6(2)9-5-7(3)4-8-9;1-4-3-6-7-5(4)2;1-2/h5-6H,1-4H3;4-6H,1-3H3;3H,1-2H3,(H,6,7);1-2H3. The summed E-state index contributed by atoms with van der Waals surface area (Å²) in [4.78, 5) is 0. The van der Waals surface area contributed by atoms with Gasteiger partial charge in [0.2, 0.25) is 0 Å². The average molecular weight is 389 g/mol. The van der Waals surface area contributed by atoms with Crippen molar-refractivity contribution in [2.45, 2.75) is 81.2 Å². The minimum absolute atomic E-state index is 0.485. The molecule has 0 bridgehead atoms. The van der Waals surface area contributed by atoms with Gasteiger partial charge in [-0.25, -0.2) is 0 Å². The van der Waals surface area contributed by atoms with Crippen LogP contribution in [-0.2, 0) is 7.05 Å². The maximum absolute atomic E-state index is 4.15. The molecular formula is C22H40N6. The Hall–Kier alpha value is -2.37. The van der Waals surface area contributed by atoms with Gasteiger partial charge >= 0.3 is 0 Å². The normalized spacial score (nSPS) is 9.89. The monoisotopic (exact) mass is 388 g/mol. The highest BCUT2D eigenvalue weighted by Crippen LogP contribution is 2.16. The quantitative estimate of drug-likeness (QED) is 0.614. The van der Waals surface area contributed by atoms with Gasteiger partial charge in [-0.2, -0.15) is 15.3 Å². The molecule has 0 saturated heterocycles. The summed E-state index contributed by atoms with van der Waals surface area (Å²) in [5.74, 6) is 0.591. The smallest absolute Gasteiger partial charge is 0.0527 e. The van der Waals surface area contributed by atoms with Gasteiger partial charge in [-0.05, 0) is 64.2 Å². The second-order valence-corrected chi connectivity index (χ2v) is 7.23. The molecule has 3 aromatic rings. The van der Waals surface area contributed by atoms with Crippen LogP contribution in [0.25, 0.3) is 0 Å². The van der Waals surface area contributed by atoms with Crippen molar-refractivity contribution in [2.24, 2.45) is 7.05 Å². The zero-order chi connectivity index (χ0) is 21.9. The Morgan fingerprint density at radius 3 is 1.68 bits per heavy atom. The summed E-state index contributed by atoms with van der Waals surface area (Å²) in [7, 11) is 1.97. The SMILES string of the molecule is CC.Cc1c(C(C)C)cnn1C.Cc1cn[nH]c1C.Cc1cnn(C(C)C)c1. The molecule has 0 saturated carbocycles. The van der Waals surface area contributed by atoms with E-state index in [1.54, 1.807) is 0 Å². The number of hydrogen-bond donors (Lipinski definition) is 1. The van der Waals surface area contributed by atoms with Crippen LogP contribution in [0.4, 0.5) is 0 Å². The van der Waals surface area contributed by atoms with Crippen molar-refractivity contribution in [1.29, 1.82) is 0 Å². The van der Waals surface area contributed by atoms with Gasteiger partial charge < -0.3 is 0 Å². The van der Waals surface area contributed by atoms with E-state index in [1.165, 1.54) is 22.4 Å². The van der Waals surface area contributed by atoms with E-state index in [1.807, 2.05) is 75.8 Å². The fourth-order valence-electron chi connectivity index (χ4n) is 2.21. The lowest BCUT2D eigenvalue weighted by molar-refractivity contribution is 0.532. The van der Waals surface area contributed by atoms with Crippen LogP contribution in [0.3, 0.4) is 0 Å². The zero-order valence-electron chi connectivity index (χ0n) is 19.7. The van der Waals surface area contributed by atoms with E-state index >= 15 is 0 Å². The van der Waals surface area contributed by atoms with Crippen LogP contribution in [0.15, 0.2) is 24.8 Å². The first-order valence-corrected chi connectivity index (χ1v) is 10.1. The number of aromatic nitrogens is 6. The van der Waals surface area contributed by atoms with Crippen LogP contribution in [0.5, 0.6) is 0 Å². The largest absolute Gasteiger partial charge is 0.283 e. The Balaban J connectivity index is 0.000000378. The van der Waals surface area contributed by atoms with Crippen molar-refractivity contribution in [3.63, 3.8) is 0 Å². The predicted molar refractivity (Wildman–Crippen MR) is 119 cm³/mol. The molecule has 0 aromatic carbocycles. The van der Waals surface area contributed by atoms with Gasteiger partial charge in [-0.15, -0.1) is 0 Å². The second-order valence-electron chi connectivity index (χ2n) is 7.23. The fraction of sp³-hybridized carbons (Fsp3) is 0.591. The third kappa shape index (κ3) is 8.55. The van der Waals surface area contributed by atoms with Gasteiger partial charge in [0.25, 0.3) is 0 Å². The maximum atomic E-state index is 4.15. The van der Waals surface area contributed by atoms with Crippen molar-refractivity contribution in [3.8, 4) is 0 Å². The summed E-state index contributed by atoms with van der Waals surface area (Å²) >= 11 is 0. The highest BCUT2D eigenvalue weighted by atomic mass is 15.3. The first-order chi connectivity index (χ1) is 13.1. The highest BCUT2D eigenvalue weighted by Gasteiger charge is 2.05. The minimum atomic E-state index is 0.485. The molecule has 0 aliphatic rings. The summed E-state index contributed by atoms with van der Waals surface area (Å²) in [5, 5.41) is 14.9. The third-order valence-corrected chi connectivity index (χ3v) is 4.24. The number of hydrogen-bond acceptors (Lipinski definition) is 3. The molecule has 6 nitrogen and oxygen atoms in total. The molecule has 0 amide bonds. The fourth-order valence-corrected chi connectivity index (χ4v) is 2.21. The maximum Gasteiger partial charge on any atom is 0.0527 e. The Labute approximate surface area is 171 Å². The van der Waals surface area contributed by atoms with Crippen molar-refractivity contribution in [2.75, 3.05) is 0 Å². The number of aromatic amines is 1. The van der Waals surface area contributed by atoms with E-state index < -0.39 is 0 Å². The molecule has 28 heavy (non-hydrogen) atoms. The van der Waals surface area contributed by atoms with Crippen molar-refractivity contribution >= 4 is 0 Å². The molecule has 0 unspecified atom stereocenters. The first kappa shape index (κ1) is 25.6. The molecule has 6 heteroatoms. The van der Waals surface area contributed by atoms with Crippen LogP contribution < -0.4 is 0 Å². The van der Waals surface area contributed by atoms with Crippen molar-refractivity contribution in [1.82, 2.24) is 29.8 Å². The average Bonchev–Trinajstić information content (AvgIpc) is 3.34. The Morgan fingerprint density at radius 2 is 1.50 bits per heavy atom. The van der Waals surface area contributed by atoms with E-state index in [9.17, 15) is 0 Å². The van der Waals surface area contributed by atoms with E-state index in [4.69, 9.17) is 0 Å². The van der Waals surface area contributed by atoms with E-state index in [-0.39, 0.29) is 0 Å². The van der Waals surface area contributed by atoms with Crippen LogP contribution in [0.2, 0.25) is 0 Å². The molecule has 3 aromatic heterocycles. The molecule has 3 heterocycles. The van der Waals surface area contributed by atoms with Crippen LogP contribution >= 0.6 is 0 Å². The molecular weight excluding hydrogens is 348 g/mol. The summed E-state index contributed by atoms with van der Waals surface area (Å²) in [6, 6.07) is 0.485. The van der Waals surface area contributed by atoms with Gasteiger partial charge in [-0.3, -0.25) is 14.5 Å².